The van der Waals surface area contributed by atoms with Crippen molar-refractivity contribution in [2.24, 2.45) is 5.92 Å². The highest BCUT2D eigenvalue weighted by Gasteiger charge is 2.35. The number of aromatic nitrogens is 2. The molecule has 2 amide bonds. The Morgan fingerprint density at radius 2 is 1.80 bits per heavy atom. The van der Waals surface area contributed by atoms with E-state index in [0.29, 0.717) is 36.2 Å². The van der Waals surface area contributed by atoms with Crippen molar-refractivity contribution in [2.75, 3.05) is 20.8 Å². The molecule has 0 spiro atoms. The number of nitrogens with zero attached hydrogens (tertiary/aromatic N) is 2. The third kappa shape index (κ3) is 7.07. The van der Waals surface area contributed by atoms with Gasteiger partial charge in [-0.05, 0) is 33.1 Å². The number of methoxy groups -OCH3 is 2. The summed E-state index contributed by atoms with van der Waals surface area (Å²) in [5.74, 6) is -1.23. The summed E-state index contributed by atoms with van der Waals surface area (Å²) in [4.78, 5) is 52.6. The van der Waals surface area contributed by atoms with E-state index < -0.39 is 5.97 Å². The van der Waals surface area contributed by atoms with Gasteiger partial charge in [-0.2, -0.15) is 0 Å². The number of amides is 2. The maximum Gasteiger partial charge on any atom is 0.325 e. The Morgan fingerprint density at radius 1 is 1.20 bits per heavy atom. The molecule has 11 heteroatoms. The van der Waals surface area contributed by atoms with Crippen LogP contribution in [0.25, 0.3) is 0 Å². The van der Waals surface area contributed by atoms with Gasteiger partial charge in [0.15, 0.2) is 0 Å². The van der Waals surface area contributed by atoms with Crippen molar-refractivity contribution >= 4 is 24.3 Å². The first-order valence-electron chi connectivity index (χ1n) is 9.33. The van der Waals surface area contributed by atoms with E-state index in [4.69, 9.17) is 14.6 Å². The van der Waals surface area contributed by atoms with Crippen LogP contribution in [-0.4, -0.2) is 72.2 Å². The van der Waals surface area contributed by atoms with Crippen LogP contribution in [0.2, 0.25) is 0 Å². The van der Waals surface area contributed by atoms with E-state index in [2.05, 4.69) is 25.3 Å². The minimum absolute atomic E-state index is 0.157. The molecule has 166 valence electrons. The molecule has 1 aromatic rings. The number of hydrogen-bond donors (Lipinski definition) is 3. The molecule has 0 aliphatic heterocycles. The van der Waals surface area contributed by atoms with E-state index >= 15 is 0 Å². The van der Waals surface area contributed by atoms with Crippen molar-refractivity contribution in [1.82, 2.24) is 20.6 Å². The van der Waals surface area contributed by atoms with Crippen molar-refractivity contribution in [3.8, 4) is 0 Å². The number of rotatable bonds is 6. The van der Waals surface area contributed by atoms with Gasteiger partial charge in [0.2, 0.25) is 5.91 Å². The highest BCUT2D eigenvalue weighted by Crippen LogP contribution is 2.27. The van der Waals surface area contributed by atoms with E-state index in [-0.39, 0.29) is 42.9 Å². The summed E-state index contributed by atoms with van der Waals surface area (Å²) < 4.78 is 10.0. The van der Waals surface area contributed by atoms with Gasteiger partial charge in [0.05, 0.1) is 36.2 Å². The average Bonchev–Trinajstić information content (AvgIpc) is 2.72. The summed E-state index contributed by atoms with van der Waals surface area (Å²) in [6, 6.07) is -0.217. The third-order valence-corrected chi connectivity index (χ3v) is 4.87. The van der Waals surface area contributed by atoms with Gasteiger partial charge in [-0.3, -0.25) is 19.2 Å². The smallest absolute Gasteiger partial charge is 0.325 e. The van der Waals surface area contributed by atoms with Gasteiger partial charge < -0.3 is 25.2 Å². The van der Waals surface area contributed by atoms with Crippen LogP contribution in [0, 0.1) is 19.8 Å². The van der Waals surface area contributed by atoms with Crippen molar-refractivity contribution in [3.05, 3.63) is 23.3 Å². The monoisotopic (exact) mass is 424 g/mol. The molecule has 1 fully saturated rings. The Bertz CT molecular complexity index is 736. The molecule has 3 atom stereocenters. The number of carbonyl (C=O) groups is 4. The molecule has 30 heavy (non-hydrogen) atoms. The first kappa shape index (κ1) is 25.0. The Morgan fingerprint density at radius 3 is 2.33 bits per heavy atom. The number of aryl methyl sites for hydroxylation is 2. The van der Waals surface area contributed by atoms with Crippen molar-refractivity contribution in [1.29, 1.82) is 0 Å². The lowest BCUT2D eigenvalue weighted by Gasteiger charge is -2.35. The van der Waals surface area contributed by atoms with E-state index in [1.807, 2.05) is 0 Å². The number of carbonyl (C=O) groups excluding carboxylic acids is 3. The van der Waals surface area contributed by atoms with Gasteiger partial charge in [0.1, 0.15) is 12.9 Å². The van der Waals surface area contributed by atoms with Crippen LogP contribution in [0.3, 0.4) is 0 Å². The van der Waals surface area contributed by atoms with Crippen molar-refractivity contribution in [3.63, 3.8) is 0 Å². The predicted molar refractivity (Wildman–Crippen MR) is 105 cm³/mol. The third-order valence-electron chi connectivity index (χ3n) is 4.87. The zero-order chi connectivity index (χ0) is 22.7. The number of hydrogen-bond acceptors (Lipinski definition) is 8. The first-order valence-corrected chi connectivity index (χ1v) is 9.33. The van der Waals surface area contributed by atoms with Crippen LogP contribution in [0.15, 0.2) is 6.33 Å². The topological polar surface area (TPSA) is 157 Å². The number of esters is 1. The summed E-state index contributed by atoms with van der Waals surface area (Å²) in [5, 5.41) is 12.4. The van der Waals surface area contributed by atoms with Crippen LogP contribution in [0.5, 0.6) is 0 Å². The fourth-order valence-corrected chi connectivity index (χ4v) is 3.33. The highest BCUT2D eigenvalue weighted by atomic mass is 16.5. The highest BCUT2D eigenvalue weighted by molar-refractivity contribution is 5.96. The van der Waals surface area contributed by atoms with Gasteiger partial charge in [0, 0.05) is 13.0 Å². The van der Waals surface area contributed by atoms with Gasteiger partial charge in [0.25, 0.3) is 12.4 Å². The predicted octanol–water partition coefficient (Wildman–Crippen LogP) is -0.00306. The van der Waals surface area contributed by atoms with Gasteiger partial charge >= 0.3 is 5.97 Å². The fraction of sp³-hybridized carbons (Fsp3) is 0.579. The van der Waals surface area contributed by atoms with Crippen LogP contribution in [-0.2, 0) is 23.9 Å². The standard InChI is InChI=1S/C18H26N4O5.CH2O2/c1-10-16(11(2)21-9-20-10)18(25)22-13-6-5-12(7-14(13)26-3)17(24)19-8-15(23)27-4;2-1-3/h9,12-14H,5-8H2,1-4H3,(H,19,24)(H,22,25);1H,(H,2,3)/t12-,13+,14+;/m0./s1. The minimum atomic E-state index is -0.497. The Balaban J connectivity index is 0.00000141. The minimum Gasteiger partial charge on any atom is -0.483 e. The number of ether oxygens (including phenoxy) is 2. The molecule has 0 unspecified atom stereocenters. The molecule has 1 aliphatic carbocycles. The molecule has 1 heterocycles. The molecule has 0 bridgehead atoms. The Labute approximate surface area is 174 Å². The zero-order valence-electron chi connectivity index (χ0n) is 17.5. The van der Waals surface area contributed by atoms with Gasteiger partial charge in [-0.15, -0.1) is 0 Å². The van der Waals surface area contributed by atoms with Crippen LogP contribution >= 0.6 is 0 Å². The normalized spacial score (nSPS) is 20.2. The van der Waals surface area contributed by atoms with E-state index in [9.17, 15) is 14.4 Å². The Kier molecular flexibility index (Phi) is 10.4. The van der Waals surface area contributed by atoms with Crippen molar-refractivity contribution < 1.29 is 33.8 Å². The van der Waals surface area contributed by atoms with E-state index in [1.54, 1.807) is 21.0 Å². The lowest BCUT2D eigenvalue weighted by atomic mass is 9.83. The summed E-state index contributed by atoms with van der Waals surface area (Å²) >= 11 is 0. The fourth-order valence-electron chi connectivity index (χ4n) is 3.33. The zero-order valence-corrected chi connectivity index (χ0v) is 17.5. The average molecular weight is 424 g/mol. The molecule has 2 rings (SSSR count). The molecule has 0 radical (unpaired) electrons. The Hall–Kier alpha value is -3.08. The maximum absolute atomic E-state index is 12.7. The summed E-state index contributed by atoms with van der Waals surface area (Å²) in [6.45, 7) is 3.12. The molecule has 0 saturated heterocycles. The van der Waals surface area contributed by atoms with E-state index in [0.717, 1.165) is 0 Å². The quantitative estimate of drug-likeness (QED) is 0.422. The second-order valence-electron chi connectivity index (χ2n) is 6.68. The first-order chi connectivity index (χ1) is 14.3. The van der Waals surface area contributed by atoms with Crippen LogP contribution in [0.4, 0.5) is 0 Å². The largest absolute Gasteiger partial charge is 0.483 e. The lowest BCUT2D eigenvalue weighted by molar-refractivity contribution is -0.142. The molecule has 3 N–H and O–H groups in total. The summed E-state index contributed by atoms with van der Waals surface area (Å²) in [6.07, 6.45) is 2.75. The SMILES string of the molecule is COC(=O)CNC(=O)[C@H]1CC[C@@H](NC(=O)c2c(C)ncnc2C)[C@H](OC)C1.O=CO. The lowest BCUT2D eigenvalue weighted by Crippen LogP contribution is -2.50. The summed E-state index contributed by atoms with van der Waals surface area (Å²) in [5.41, 5.74) is 1.69. The molecular formula is C19H28N4O7. The second-order valence-corrected chi connectivity index (χ2v) is 6.68. The van der Waals surface area contributed by atoms with Crippen LogP contribution < -0.4 is 10.6 Å². The van der Waals surface area contributed by atoms with E-state index in [1.165, 1.54) is 13.4 Å². The summed E-state index contributed by atoms with van der Waals surface area (Å²) in [7, 11) is 2.82. The molecule has 1 aromatic heterocycles. The molecular weight excluding hydrogens is 396 g/mol. The molecule has 0 aromatic carbocycles. The van der Waals surface area contributed by atoms with Crippen LogP contribution in [0.1, 0.15) is 41.0 Å². The molecule has 11 nitrogen and oxygen atoms in total. The van der Waals surface area contributed by atoms with Crippen molar-refractivity contribution in [2.45, 2.75) is 45.3 Å². The molecule has 1 aliphatic rings. The van der Waals surface area contributed by atoms with Gasteiger partial charge in [-0.1, -0.05) is 0 Å². The maximum atomic E-state index is 12.7. The molecule has 1 saturated carbocycles. The number of carboxylic acid groups (broad SMARTS) is 1. The second kappa shape index (κ2) is 12.5. The van der Waals surface area contributed by atoms with Gasteiger partial charge in [-0.25, -0.2) is 9.97 Å². The number of nitrogens with one attached hydrogen (secondary N) is 2.